The lowest BCUT2D eigenvalue weighted by Gasteiger charge is -2.00. The number of halogens is 2. The van der Waals surface area contributed by atoms with Gasteiger partial charge in [-0.1, -0.05) is 17.8 Å². The molecule has 0 N–H and O–H groups in total. The van der Waals surface area contributed by atoms with Crippen LogP contribution in [0.15, 0.2) is 44.8 Å². The van der Waals surface area contributed by atoms with Crippen molar-refractivity contribution in [1.82, 2.24) is 4.98 Å². The molecule has 2 aromatic rings. The molecule has 0 bridgehead atoms. The molecule has 1 aromatic heterocycles. The maximum Gasteiger partial charge on any atom is 0.255 e. The first-order chi connectivity index (χ1) is 7.25. The molecule has 0 fully saturated rings. The van der Waals surface area contributed by atoms with Crippen molar-refractivity contribution < 1.29 is 8.81 Å². The highest BCUT2D eigenvalue weighted by Crippen LogP contribution is 2.23. The summed E-state index contributed by atoms with van der Waals surface area (Å²) in [5.74, 6) is 0.458. The van der Waals surface area contributed by atoms with Gasteiger partial charge in [-0.25, -0.2) is 9.37 Å². The van der Waals surface area contributed by atoms with Crippen molar-refractivity contribution in [2.75, 3.05) is 0 Å². The second-order valence-corrected chi connectivity index (χ2v) is 4.62. The molecule has 0 aliphatic heterocycles. The molecular formula is C10H7BrFNOS. The predicted octanol–water partition coefficient (Wildman–Crippen LogP) is 3.87. The number of hydrogen-bond acceptors (Lipinski definition) is 3. The Morgan fingerprint density at radius 2 is 2.33 bits per heavy atom. The Morgan fingerprint density at radius 1 is 1.47 bits per heavy atom. The van der Waals surface area contributed by atoms with E-state index in [0.29, 0.717) is 15.4 Å². The number of hydrogen-bond donors (Lipinski definition) is 0. The number of aromatic nitrogens is 1. The minimum Gasteiger partial charge on any atom is -0.440 e. The Labute approximate surface area is 99.0 Å². The maximum atomic E-state index is 12.9. The fourth-order valence-electron chi connectivity index (χ4n) is 1.06. The molecule has 0 unspecified atom stereocenters. The summed E-state index contributed by atoms with van der Waals surface area (Å²) in [6, 6.07) is 4.94. The van der Waals surface area contributed by atoms with E-state index in [0.717, 1.165) is 5.56 Å². The summed E-state index contributed by atoms with van der Waals surface area (Å²) in [6.07, 6.45) is 3.13. The highest BCUT2D eigenvalue weighted by Gasteiger charge is 2.03. The predicted molar refractivity (Wildman–Crippen MR) is 60.2 cm³/mol. The Morgan fingerprint density at radius 3 is 3.00 bits per heavy atom. The van der Waals surface area contributed by atoms with Gasteiger partial charge in [0, 0.05) is 5.75 Å². The van der Waals surface area contributed by atoms with Crippen LogP contribution in [0.4, 0.5) is 4.39 Å². The largest absolute Gasteiger partial charge is 0.440 e. The molecule has 0 spiro atoms. The zero-order chi connectivity index (χ0) is 10.7. The van der Waals surface area contributed by atoms with Crippen molar-refractivity contribution in [1.29, 1.82) is 0 Å². The van der Waals surface area contributed by atoms with E-state index in [1.165, 1.54) is 24.1 Å². The third kappa shape index (κ3) is 2.82. The molecule has 2 rings (SSSR count). The van der Waals surface area contributed by atoms with Gasteiger partial charge in [-0.2, -0.15) is 0 Å². The first-order valence-corrected chi connectivity index (χ1v) is 6.00. The minimum atomic E-state index is -0.250. The smallest absolute Gasteiger partial charge is 0.255 e. The highest BCUT2D eigenvalue weighted by atomic mass is 79.9. The van der Waals surface area contributed by atoms with Crippen LogP contribution in [0.25, 0.3) is 0 Å². The van der Waals surface area contributed by atoms with Gasteiger partial charge in [0.25, 0.3) is 5.22 Å². The van der Waals surface area contributed by atoms with Crippen molar-refractivity contribution >= 4 is 27.7 Å². The lowest BCUT2D eigenvalue weighted by molar-refractivity contribution is 0.454. The minimum absolute atomic E-state index is 0.250. The van der Waals surface area contributed by atoms with Gasteiger partial charge in [-0.3, -0.25) is 0 Å². The molecule has 0 saturated carbocycles. The first kappa shape index (κ1) is 10.7. The van der Waals surface area contributed by atoms with Crippen LogP contribution in [-0.2, 0) is 5.75 Å². The molecule has 0 aliphatic carbocycles. The topological polar surface area (TPSA) is 26.0 Å². The Kier molecular flexibility index (Phi) is 3.43. The average Bonchev–Trinajstić information content (AvgIpc) is 2.73. The summed E-state index contributed by atoms with van der Waals surface area (Å²) in [7, 11) is 0. The lowest BCUT2D eigenvalue weighted by atomic mass is 10.2. The summed E-state index contributed by atoms with van der Waals surface area (Å²) in [6.45, 7) is 0. The van der Waals surface area contributed by atoms with Gasteiger partial charge in [-0.15, -0.1) is 0 Å². The summed E-state index contributed by atoms with van der Waals surface area (Å²) in [5.41, 5.74) is 1.02. The van der Waals surface area contributed by atoms with Gasteiger partial charge in [0.1, 0.15) is 12.1 Å². The van der Waals surface area contributed by atoms with E-state index in [4.69, 9.17) is 4.42 Å². The lowest BCUT2D eigenvalue weighted by Crippen LogP contribution is -1.83. The van der Waals surface area contributed by atoms with Crippen LogP contribution in [0.1, 0.15) is 5.56 Å². The number of nitrogens with zero attached hydrogens (tertiary/aromatic N) is 1. The molecule has 0 saturated heterocycles. The van der Waals surface area contributed by atoms with Crippen LogP contribution in [0.3, 0.4) is 0 Å². The molecule has 0 aliphatic rings. The van der Waals surface area contributed by atoms with E-state index in [9.17, 15) is 4.39 Å². The van der Waals surface area contributed by atoms with Crippen molar-refractivity contribution in [2.24, 2.45) is 0 Å². The van der Waals surface area contributed by atoms with Crippen LogP contribution < -0.4 is 0 Å². The van der Waals surface area contributed by atoms with E-state index < -0.39 is 0 Å². The monoisotopic (exact) mass is 287 g/mol. The summed E-state index contributed by atoms with van der Waals surface area (Å²) < 4.78 is 18.5. The van der Waals surface area contributed by atoms with Crippen LogP contribution in [0.2, 0.25) is 0 Å². The molecular weight excluding hydrogens is 281 g/mol. The average molecular weight is 288 g/mol. The molecule has 5 heteroatoms. The molecule has 1 heterocycles. The number of thioether (sulfide) groups is 1. The quantitative estimate of drug-likeness (QED) is 0.802. The van der Waals surface area contributed by atoms with Crippen LogP contribution in [0.5, 0.6) is 0 Å². The summed E-state index contributed by atoms with van der Waals surface area (Å²) >= 11 is 4.62. The molecule has 78 valence electrons. The second-order valence-electron chi connectivity index (χ2n) is 2.84. The molecule has 2 nitrogen and oxygen atoms in total. The van der Waals surface area contributed by atoms with Crippen molar-refractivity contribution in [3.63, 3.8) is 0 Å². The number of oxazole rings is 1. The van der Waals surface area contributed by atoms with E-state index >= 15 is 0 Å². The van der Waals surface area contributed by atoms with Crippen LogP contribution >= 0.6 is 27.7 Å². The number of rotatable bonds is 3. The molecule has 15 heavy (non-hydrogen) atoms. The van der Waals surface area contributed by atoms with Crippen molar-refractivity contribution in [3.05, 3.63) is 46.5 Å². The molecule has 0 radical (unpaired) electrons. The van der Waals surface area contributed by atoms with Crippen molar-refractivity contribution in [2.45, 2.75) is 11.0 Å². The van der Waals surface area contributed by atoms with E-state index in [2.05, 4.69) is 20.9 Å². The van der Waals surface area contributed by atoms with Gasteiger partial charge in [0.2, 0.25) is 0 Å². The van der Waals surface area contributed by atoms with E-state index in [-0.39, 0.29) is 5.82 Å². The van der Waals surface area contributed by atoms with E-state index in [1.807, 2.05) is 0 Å². The normalized spacial score (nSPS) is 10.5. The highest BCUT2D eigenvalue weighted by molar-refractivity contribution is 9.10. The SMILES string of the molecule is Fc1ccc(CSc2ncco2)cc1Br. The van der Waals surface area contributed by atoms with Gasteiger partial charge in [0.15, 0.2) is 0 Å². The molecule has 1 aromatic carbocycles. The van der Waals surface area contributed by atoms with E-state index in [1.54, 1.807) is 18.3 Å². The standard InChI is InChI=1S/C10H7BrFNOS/c11-8-5-7(1-2-9(8)12)6-15-10-13-3-4-14-10/h1-5H,6H2. The summed E-state index contributed by atoms with van der Waals surface area (Å²) in [5, 5.41) is 0.621. The summed E-state index contributed by atoms with van der Waals surface area (Å²) in [4.78, 5) is 3.98. The van der Waals surface area contributed by atoms with Gasteiger partial charge >= 0.3 is 0 Å². The Balaban J connectivity index is 2.02. The fourth-order valence-corrected chi connectivity index (χ4v) is 2.21. The molecule has 0 amide bonds. The Hall–Kier alpha value is -0.810. The molecule has 0 atom stereocenters. The third-order valence-electron chi connectivity index (χ3n) is 1.76. The Bertz CT molecular complexity index is 447. The van der Waals surface area contributed by atoms with Gasteiger partial charge in [0.05, 0.1) is 10.7 Å². The third-order valence-corrected chi connectivity index (χ3v) is 3.29. The van der Waals surface area contributed by atoms with Gasteiger partial charge in [-0.05, 0) is 33.6 Å². The van der Waals surface area contributed by atoms with Crippen LogP contribution in [-0.4, -0.2) is 4.98 Å². The first-order valence-electron chi connectivity index (χ1n) is 4.22. The maximum absolute atomic E-state index is 12.9. The van der Waals surface area contributed by atoms with Gasteiger partial charge < -0.3 is 4.42 Å². The zero-order valence-corrected chi connectivity index (χ0v) is 10.0. The van der Waals surface area contributed by atoms with Crippen LogP contribution in [0, 0.1) is 5.82 Å². The fraction of sp³-hybridized carbons (Fsp3) is 0.100. The number of benzene rings is 1. The zero-order valence-electron chi connectivity index (χ0n) is 7.61. The second kappa shape index (κ2) is 4.81. The van der Waals surface area contributed by atoms with Crippen molar-refractivity contribution in [3.8, 4) is 0 Å².